The highest BCUT2D eigenvalue weighted by molar-refractivity contribution is 7.29. The molecule has 1 aliphatic heterocycles. The lowest BCUT2D eigenvalue weighted by Gasteiger charge is -2.13. The maximum atomic E-state index is 2.55. The first kappa shape index (κ1) is 11.5. The zero-order valence-corrected chi connectivity index (χ0v) is 12.2. The van der Waals surface area contributed by atoms with Gasteiger partial charge in [-0.3, -0.25) is 0 Å². The molecule has 0 radical (unpaired) electrons. The molecule has 2 aromatic rings. The van der Waals surface area contributed by atoms with Crippen molar-refractivity contribution in [2.75, 3.05) is 18.0 Å². The Kier molecular flexibility index (Phi) is 3.14. The van der Waals surface area contributed by atoms with E-state index >= 15 is 0 Å². The molecule has 0 bridgehead atoms. The number of rotatable bonds is 3. The van der Waals surface area contributed by atoms with Gasteiger partial charge in [0.1, 0.15) is 0 Å². The van der Waals surface area contributed by atoms with Crippen LogP contribution < -0.4 is 4.90 Å². The Labute approximate surface area is 111 Å². The van der Waals surface area contributed by atoms with Crippen molar-refractivity contribution >= 4 is 37.1 Å². The molecule has 3 rings (SSSR count). The van der Waals surface area contributed by atoms with E-state index in [2.05, 4.69) is 30.2 Å². The molecule has 3 heterocycles. The van der Waals surface area contributed by atoms with E-state index in [1.165, 1.54) is 42.1 Å². The molecule has 1 saturated heterocycles. The fourth-order valence-corrected chi connectivity index (χ4v) is 4.99. The molecule has 3 heteroatoms. The normalized spacial score (nSPS) is 16.5. The van der Waals surface area contributed by atoms with Crippen LogP contribution in [-0.4, -0.2) is 13.1 Å². The Morgan fingerprint density at radius 1 is 1.29 bits per heavy atom. The molecule has 1 fully saturated rings. The van der Waals surface area contributed by atoms with Crippen LogP contribution in [0.15, 0.2) is 11.4 Å². The van der Waals surface area contributed by atoms with Crippen LogP contribution in [0.25, 0.3) is 9.40 Å². The van der Waals surface area contributed by atoms with Crippen molar-refractivity contribution in [3.63, 3.8) is 0 Å². The first-order chi connectivity index (χ1) is 8.24. The second-order valence-electron chi connectivity index (χ2n) is 5.33. The zero-order valence-electron chi connectivity index (χ0n) is 10.5. The molecular weight excluding hydrogens is 246 g/mol. The van der Waals surface area contributed by atoms with E-state index in [0.29, 0.717) is 0 Å². The quantitative estimate of drug-likeness (QED) is 0.773. The van der Waals surface area contributed by atoms with Gasteiger partial charge < -0.3 is 4.90 Å². The Hall–Kier alpha value is -0.540. The van der Waals surface area contributed by atoms with Crippen LogP contribution in [0.3, 0.4) is 0 Å². The fourth-order valence-electron chi connectivity index (χ4n) is 2.54. The minimum absolute atomic E-state index is 0.755. The van der Waals surface area contributed by atoms with Gasteiger partial charge in [0.2, 0.25) is 0 Å². The minimum atomic E-state index is 0.755. The SMILES string of the molecule is CC(C)Cc1csc2cc(N3CCCC3)sc12. The Balaban J connectivity index is 1.93. The van der Waals surface area contributed by atoms with E-state index in [0.717, 1.165) is 5.92 Å². The third-order valence-corrected chi connectivity index (χ3v) is 5.73. The number of hydrogen-bond acceptors (Lipinski definition) is 3. The number of thiophene rings is 2. The summed E-state index contributed by atoms with van der Waals surface area (Å²) in [6, 6.07) is 2.40. The maximum absolute atomic E-state index is 2.55. The van der Waals surface area contributed by atoms with E-state index < -0.39 is 0 Å². The van der Waals surface area contributed by atoms with Crippen molar-refractivity contribution in [1.29, 1.82) is 0 Å². The summed E-state index contributed by atoms with van der Waals surface area (Å²) in [5.74, 6) is 0.755. The van der Waals surface area contributed by atoms with Crippen molar-refractivity contribution in [3.05, 3.63) is 17.0 Å². The highest BCUT2D eigenvalue weighted by Gasteiger charge is 2.17. The molecule has 0 unspecified atom stereocenters. The standard InChI is InChI=1S/C14H19NS2/c1-10(2)7-11-9-16-12-8-13(17-14(11)12)15-5-3-4-6-15/h8-10H,3-7H2,1-2H3. The second kappa shape index (κ2) is 4.62. The van der Waals surface area contributed by atoms with Crippen LogP contribution >= 0.6 is 22.7 Å². The molecule has 1 nitrogen and oxygen atoms in total. The zero-order chi connectivity index (χ0) is 11.8. The molecule has 0 N–H and O–H groups in total. The molecule has 1 aliphatic rings. The molecule has 0 saturated carbocycles. The van der Waals surface area contributed by atoms with Gasteiger partial charge in [-0.05, 0) is 42.2 Å². The molecule has 2 aromatic heterocycles. The molecular formula is C14H19NS2. The maximum Gasteiger partial charge on any atom is 0.0929 e. The molecule has 0 aromatic carbocycles. The van der Waals surface area contributed by atoms with Gasteiger partial charge in [0.05, 0.1) is 9.70 Å². The second-order valence-corrected chi connectivity index (χ2v) is 7.27. The summed E-state index contributed by atoms with van der Waals surface area (Å²) in [4.78, 5) is 2.55. The van der Waals surface area contributed by atoms with E-state index in [4.69, 9.17) is 0 Å². The molecule has 0 amide bonds. The predicted molar refractivity (Wildman–Crippen MR) is 79.7 cm³/mol. The number of anilines is 1. The van der Waals surface area contributed by atoms with E-state index in [-0.39, 0.29) is 0 Å². The molecule has 0 spiro atoms. The van der Waals surface area contributed by atoms with Crippen LogP contribution in [0.4, 0.5) is 5.00 Å². The van der Waals surface area contributed by atoms with Crippen molar-refractivity contribution in [1.82, 2.24) is 0 Å². The van der Waals surface area contributed by atoms with Crippen molar-refractivity contribution in [2.24, 2.45) is 5.92 Å². The topological polar surface area (TPSA) is 3.24 Å². The largest absolute Gasteiger partial charge is 0.363 e. The number of fused-ring (bicyclic) bond motifs is 1. The third kappa shape index (κ3) is 2.23. The summed E-state index contributed by atoms with van der Waals surface area (Å²) < 4.78 is 3.04. The van der Waals surface area contributed by atoms with Gasteiger partial charge in [0, 0.05) is 17.8 Å². The van der Waals surface area contributed by atoms with Crippen LogP contribution in [0, 0.1) is 5.92 Å². The van der Waals surface area contributed by atoms with Gasteiger partial charge >= 0.3 is 0 Å². The predicted octanol–water partition coefficient (Wildman–Crippen LogP) is 4.76. The van der Waals surface area contributed by atoms with Gasteiger partial charge in [-0.1, -0.05) is 13.8 Å². The lowest BCUT2D eigenvalue weighted by molar-refractivity contribution is 0.651. The van der Waals surface area contributed by atoms with Crippen molar-refractivity contribution in [2.45, 2.75) is 33.1 Å². The summed E-state index contributed by atoms with van der Waals surface area (Å²) in [5, 5.41) is 3.85. The molecule has 17 heavy (non-hydrogen) atoms. The monoisotopic (exact) mass is 265 g/mol. The third-order valence-electron chi connectivity index (χ3n) is 3.35. The van der Waals surface area contributed by atoms with Crippen LogP contribution in [0.1, 0.15) is 32.3 Å². The van der Waals surface area contributed by atoms with Gasteiger partial charge in [-0.15, -0.1) is 22.7 Å². The van der Waals surface area contributed by atoms with Gasteiger partial charge in [0.25, 0.3) is 0 Å². The molecule has 92 valence electrons. The van der Waals surface area contributed by atoms with Gasteiger partial charge in [0.15, 0.2) is 0 Å². The first-order valence-electron chi connectivity index (χ1n) is 6.49. The Morgan fingerprint density at radius 2 is 2.06 bits per heavy atom. The first-order valence-corrected chi connectivity index (χ1v) is 8.18. The summed E-state index contributed by atoms with van der Waals surface area (Å²) in [6.07, 6.45) is 3.95. The fraction of sp³-hybridized carbons (Fsp3) is 0.571. The summed E-state index contributed by atoms with van der Waals surface area (Å²) >= 11 is 3.93. The van der Waals surface area contributed by atoms with E-state index in [1.54, 1.807) is 10.3 Å². The molecule has 0 aliphatic carbocycles. The van der Waals surface area contributed by atoms with Crippen LogP contribution in [0.2, 0.25) is 0 Å². The summed E-state index contributed by atoms with van der Waals surface area (Å²) in [7, 11) is 0. The van der Waals surface area contributed by atoms with Crippen molar-refractivity contribution in [3.8, 4) is 0 Å². The average molecular weight is 265 g/mol. The van der Waals surface area contributed by atoms with Gasteiger partial charge in [-0.25, -0.2) is 0 Å². The minimum Gasteiger partial charge on any atom is -0.363 e. The highest BCUT2D eigenvalue weighted by Crippen LogP contribution is 2.40. The smallest absolute Gasteiger partial charge is 0.0929 e. The van der Waals surface area contributed by atoms with E-state index in [9.17, 15) is 0 Å². The Bertz CT molecular complexity index is 503. The van der Waals surface area contributed by atoms with Crippen molar-refractivity contribution < 1.29 is 0 Å². The Morgan fingerprint density at radius 3 is 2.76 bits per heavy atom. The number of nitrogens with zero attached hydrogens (tertiary/aromatic N) is 1. The lowest BCUT2D eigenvalue weighted by Crippen LogP contribution is -2.15. The van der Waals surface area contributed by atoms with Crippen LogP contribution in [-0.2, 0) is 6.42 Å². The average Bonchev–Trinajstić information content (AvgIpc) is 2.93. The molecule has 0 atom stereocenters. The van der Waals surface area contributed by atoms with E-state index in [1.807, 2.05) is 22.7 Å². The van der Waals surface area contributed by atoms with Crippen LogP contribution in [0.5, 0.6) is 0 Å². The summed E-state index contributed by atoms with van der Waals surface area (Å²) in [5.41, 5.74) is 1.57. The van der Waals surface area contributed by atoms with Gasteiger partial charge in [-0.2, -0.15) is 0 Å². The lowest BCUT2D eigenvalue weighted by atomic mass is 10.1. The number of hydrogen-bond donors (Lipinski definition) is 0. The highest BCUT2D eigenvalue weighted by atomic mass is 32.1. The summed E-state index contributed by atoms with van der Waals surface area (Å²) in [6.45, 7) is 7.12.